The van der Waals surface area contributed by atoms with Crippen molar-refractivity contribution in [3.05, 3.63) is 71.9 Å². The van der Waals surface area contributed by atoms with E-state index in [4.69, 9.17) is 14.0 Å². The van der Waals surface area contributed by atoms with Crippen LogP contribution in [0.25, 0.3) is 11.3 Å². The fraction of sp³-hybridized carbons (Fsp3) is 0.200. The van der Waals surface area contributed by atoms with Gasteiger partial charge in [-0.25, -0.2) is 0 Å². The summed E-state index contributed by atoms with van der Waals surface area (Å²) in [6.07, 6.45) is -0.337. The molecule has 3 aromatic rings. The van der Waals surface area contributed by atoms with Crippen LogP contribution in [0.3, 0.4) is 0 Å². The Bertz CT molecular complexity index is 861. The first-order valence-electron chi connectivity index (χ1n) is 8.19. The van der Waals surface area contributed by atoms with Gasteiger partial charge in [-0.2, -0.15) is 0 Å². The van der Waals surface area contributed by atoms with E-state index in [-0.39, 0.29) is 24.2 Å². The van der Waals surface area contributed by atoms with Gasteiger partial charge >= 0.3 is 0 Å². The van der Waals surface area contributed by atoms with Gasteiger partial charge in [0.1, 0.15) is 11.9 Å². The van der Waals surface area contributed by atoms with Crippen LogP contribution in [0.1, 0.15) is 22.2 Å². The quantitative estimate of drug-likeness (QED) is 0.705. The highest BCUT2D eigenvalue weighted by molar-refractivity contribution is 5.93. The van der Waals surface area contributed by atoms with Gasteiger partial charge in [-0.05, 0) is 6.07 Å². The second-order valence-electron chi connectivity index (χ2n) is 5.62. The molecule has 0 saturated carbocycles. The van der Waals surface area contributed by atoms with E-state index in [2.05, 4.69) is 10.5 Å². The van der Waals surface area contributed by atoms with Crippen LogP contribution < -0.4 is 10.1 Å². The predicted octanol–water partition coefficient (Wildman–Crippen LogP) is 3.47. The number of nitrogens with zero attached hydrogens (tertiary/aromatic N) is 1. The maximum atomic E-state index is 12.4. The summed E-state index contributed by atoms with van der Waals surface area (Å²) < 4.78 is 16.1. The summed E-state index contributed by atoms with van der Waals surface area (Å²) in [6.45, 7) is 0.281. The third-order valence-electron chi connectivity index (χ3n) is 4.02. The number of hydrogen-bond donors (Lipinski definition) is 1. The summed E-state index contributed by atoms with van der Waals surface area (Å²) in [5.41, 5.74) is 1.95. The number of carbonyl (C=O) groups excluding carboxylic acids is 1. The minimum absolute atomic E-state index is 0.221. The second kappa shape index (κ2) is 8.31. The van der Waals surface area contributed by atoms with Crippen molar-refractivity contribution in [2.45, 2.75) is 6.10 Å². The Kier molecular flexibility index (Phi) is 5.66. The lowest BCUT2D eigenvalue weighted by Gasteiger charge is -2.18. The van der Waals surface area contributed by atoms with Gasteiger partial charge in [0.05, 0.1) is 7.11 Å². The van der Waals surface area contributed by atoms with Crippen LogP contribution in [-0.4, -0.2) is 31.8 Å². The molecule has 0 radical (unpaired) electrons. The number of rotatable bonds is 7. The number of aromatic nitrogens is 1. The number of methoxy groups -OCH3 is 2. The fourth-order valence-corrected chi connectivity index (χ4v) is 2.65. The zero-order chi connectivity index (χ0) is 18.4. The molecule has 0 saturated heterocycles. The summed E-state index contributed by atoms with van der Waals surface area (Å²) in [6, 6.07) is 18.7. The van der Waals surface area contributed by atoms with Gasteiger partial charge in [0.2, 0.25) is 0 Å². The van der Waals surface area contributed by atoms with E-state index < -0.39 is 0 Å². The van der Waals surface area contributed by atoms with Crippen molar-refractivity contribution in [3.63, 3.8) is 0 Å². The highest BCUT2D eigenvalue weighted by Gasteiger charge is 2.19. The molecule has 0 fully saturated rings. The van der Waals surface area contributed by atoms with E-state index in [1.807, 2.05) is 54.6 Å². The van der Waals surface area contributed by atoms with Crippen molar-refractivity contribution in [1.29, 1.82) is 0 Å². The Morgan fingerprint density at radius 1 is 1.12 bits per heavy atom. The maximum Gasteiger partial charge on any atom is 0.273 e. The molecule has 0 aliphatic rings. The smallest absolute Gasteiger partial charge is 0.273 e. The number of nitrogens with one attached hydrogen (secondary N) is 1. The first kappa shape index (κ1) is 17.7. The van der Waals surface area contributed by atoms with E-state index in [0.29, 0.717) is 11.5 Å². The fourth-order valence-electron chi connectivity index (χ4n) is 2.65. The molecule has 0 bridgehead atoms. The van der Waals surface area contributed by atoms with Gasteiger partial charge in [0.25, 0.3) is 5.91 Å². The monoisotopic (exact) mass is 352 g/mol. The zero-order valence-electron chi connectivity index (χ0n) is 14.6. The molecule has 3 rings (SSSR count). The van der Waals surface area contributed by atoms with E-state index in [1.54, 1.807) is 20.3 Å². The summed E-state index contributed by atoms with van der Waals surface area (Å²) in [5.74, 6) is 0.929. The molecule has 1 N–H and O–H groups in total. The van der Waals surface area contributed by atoms with Crippen molar-refractivity contribution in [2.24, 2.45) is 0 Å². The zero-order valence-corrected chi connectivity index (χ0v) is 14.6. The molecule has 1 aromatic heterocycles. The molecule has 6 heteroatoms. The van der Waals surface area contributed by atoms with E-state index >= 15 is 0 Å². The molecule has 1 unspecified atom stereocenters. The number of benzene rings is 2. The van der Waals surface area contributed by atoms with Crippen molar-refractivity contribution in [3.8, 4) is 17.1 Å². The van der Waals surface area contributed by atoms with E-state index in [1.165, 1.54) is 0 Å². The van der Waals surface area contributed by atoms with Gasteiger partial charge in [0, 0.05) is 30.8 Å². The maximum absolute atomic E-state index is 12.4. The van der Waals surface area contributed by atoms with Crippen LogP contribution in [0.2, 0.25) is 0 Å². The van der Waals surface area contributed by atoms with Crippen molar-refractivity contribution in [2.75, 3.05) is 20.8 Å². The third kappa shape index (κ3) is 3.92. The number of para-hydroxylation sites is 1. The van der Waals surface area contributed by atoms with Crippen LogP contribution in [0, 0.1) is 0 Å². The average Bonchev–Trinajstić information content (AvgIpc) is 3.19. The minimum atomic E-state index is -0.337. The largest absolute Gasteiger partial charge is 0.496 e. The summed E-state index contributed by atoms with van der Waals surface area (Å²) in [7, 11) is 3.19. The topological polar surface area (TPSA) is 73.6 Å². The molecule has 1 amide bonds. The Hall–Kier alpha value is -3.12. The second-order valence-corrected chi connectivity index (χ2v) is 5.62. The van der Waals surface area contributed by atoms with Crippen LogP contribution in [0.5, 0.6) is 5.75 Å². The molecule has 0 aliphatic heterocycles. The Labute approximate surface area is 151 Å². The highest BCUT2D eigenvalue weighted by Crippen LogP contribution is 2.26. The lowest BCUT2D eigenvalue weighted by Crippen LogP contribution is -2.29. The lowest BCUT2D eigenvalue weighted by molar-refractivity contribution is 0.0813. The molecule has 0 aliphatic carbocycles. The SMILES string of the molecule is COc1ccccc1C(CNC(=O)c1cc(-c2ccccc2)on1)OC. The number of hydrogen-bond acceptors (Lipinski definition) is 5. The van der Waals surface area contributed by atoms with Crippen LogP contribution in [0.15, 0.2) is 65.2 Å². The van der Waals surface area contributed by atoms with Crippen LogP contribution in [-0.2, 0) is 4.74 Å². The molecular formula is C20H20N2O4. The molecule has 1 atom stereocenters. The van der Waals surface area contributed by atoms with Gasteiger partial charge < -0.3 is 19.3 Å². The highest BCUT2D eigenvalue weighted by atomic mass is 16.5. The Morgan fingerprint density at radius 2 is 1.85 bits per heavy atom. The lowest BCUT2D eigenvalue weighted by atomic mass is 10.1. The summed E-state index contributed by atoms with van der Waals surface area (Å²) >= 11 is 0. The molecule has 134 valence electrons. The first-order valence-corrected chi connectivity index (χ1v) is 8.19. The third-order valence-corrected chi connectivity index (χ3v) is 4.02. The van der Waals surface area contributed by atoms with E-state index in [9.17, 15) is 4.79 Å². The van der Waals surface area contributed by atoms with Crippen LogP contribution >= 0.6 is 0 Å². The number of ether oxygens (including phenoxy) is 2. The molecule has 6 nitrogen and oxygen atoms in total. The van der Waals surface area contributed by atoms with Crippen molar-refractivity contribution >= 4 is 5.91 Å². The predicted molar refractivity (Wildman–Crippen MR) is 97.0 cm³/mol. The average molecular weight is 352 g/mol. The van der Waals surface area contributed by atoms with Crippen LogP contribution in [0.4, 0.5) is 0 Å². The first-order chi connectivity index (χ1) is 12.7. The summed E-state index contributed by atoms with van der Waals surface area (Å²) in [5, 5.41) is 6.67. The number of amides is 1. The van der Waals surface area contributed by atoms with Gasteiger partial charge in [0.15, 0.2) is 11.5 Å². The molecular weight excluding hydrogens is 332 g/mol. The molecule has 26 heavy (non-hydrogen) atoms. The summed E-state index contributed by atoms with van der Waals surface area (Å²) in [4.78, 5) is 12.4. The normalized spacial score (nSPS) is 11.8. The van der Waals surface area contributed by atoms with Gasteiger partial charge in [-0.15, -0.1) is 0 Å². The van der Waals surface area contributed by atoms with Crippen molar-refractivity contribution < 1.29 is 18.8 Å². The van der Waals surface area contributed by atoms with E-state index in [0.717, 1.165) is 11.1 Å². The Balaban J connectivity index is 1.67. The Morgan fingerprint density at radius 3 is 2.58 bits per heavy atom. The van der Waals surface area contributed by atoms with Gasteiger partial charge in [-0.3, -0.25) is 4.79 Å². The molecule has 1 heterocycles. The van der Waals surface area contributed by atoms with Crippen molar-refractivity contribution in [1.82, 2.24) is 10.5 Å². The minimum Gasteiger partial charge on any atom is -0.496 e. The molecule has 2 aromatic carbocycles. The van der Waals surface area contributed by atoms with Gasteiger partial charge in [-0.1, -0.05) is 53.7 Å². The standard InChI is InChI=1S/C20H20N2O4/c1-24-17-11-7-6-10-15(17)19(25-2)13-21-20(23)16-12-18(26-22-16)14-8-4-3-5-9-14/h3-12,19H,13H2,1-2H3,(H,21,23). The number of carbonyl (C=O) groups is 1. The molecule has 0 spiro atoms.